The first-order valence-corrected chi connectivity index (χ1v) is 9.37. The topological polar surface area (TPSA) is 62.1 Å². The summed E-state index contributed by atoms with van der Waals surface area (Å²) in [6, 6.07) is 24.1. The van der Waals surface area contributed by atoms with Gasteiger partial charge in [-0.3, -0.25) is 4.79 Å². The Morgan fingerprint density at radius 1 is 1.07 bits per heavy atom. The predicted octanol–water partition coefficient (Wildman–Crippen LogP) is 5.49. The van der Waals surface area contributed by atoms with Crippen molar-refractivity contribution in [2.75, 3.05) is 12.4 Å². The molecule has 0 aliphatic heterocycles. The molecule has 1 amide bonds. The third-order valence-electron chi connectivity index (χ3n) is 4.39. The second-order valence-electron chi connectivity index (χ2n) is 6.32. The molecule has 3 aromatic carbocycles. The normalized spacial score (nSPS) is 10.9. The zero-order valence-corrected chi connectivity index (χ0v) is 16.6. The Morgan fingerprint density at radius 3 is 2.48 bits per heavy atom. The Hall–Kier alpha value is -3.55. The van der Waals surface area contributed by atoms with Crippen LogP contribution in [-0.4, -0.2) is 13.0 Å². The number of nitriles is 1. The first kappa shape index (κ1) is 20.2. The molecule has 1 N–H and O–H groups in total. The van der Waals surface area contributed by atoms with Crippen molar-refractivity contribution in [2.24, 2.45) is 0 Å². The van der Waals surface area contributed by atoms with Gasteiger partial charge in [0.25, 0.3) is 5.91 Å². The number of benzene rings is 3. The molecule has 29 heavy (non-hydrogen) atoms. The summed E-state index contributed by atoms with van der Waals surface area (Å²) in [5, 5.41) is 12.9. The van der Waals surface area contributed by atoms with Crippen LogP contribution in [0, 0.1) is 11.3 Å². The number of ether oxygens (including phenoxy) is 1. The number of para-hydroxylation sites is 1. The Bertz CT molecular complexity index is 1090. The van der Waals surface area contributed by atoms with Crippen LogP contribution in [0.25, 0.3) is 6.08 Å². The molecule has 0 aromatic heterocycles. The monoisotopic (exact) mass is 402 g/mol. The van der Waals surface area contributed by atoms with E-state index in [4.69, 9.17) is 16.3 Å². The number of hydrogen-bond acceptors (Lipinski definition) is 3. The fourth-order valence-electron chi connectivity index (χ4n) is 2.87. The summed E-state index contributed by atoms with van der Waals surface area (Å²) in [6.45, 7) is 0. The molecule has 0 aliphatic rings. The first-order chi connectivity index (χ1) is 14.1. The molecule has 3 aromatic rings. The van der Waals surface area contributed by atoms with Crippen molar-refractivity contribution in [1.82, 2.24) is 0 Å². The average molecular weight is 403 g/mol. The van der Waals surface area contributed by atoms with Gasteiger partial charge >= 0.3 is 0 Å². The second-order valence-corrected chi connectivity index (χ2v) is 6.73. The number of nitrogens with zero attached hydrogens (tertiary/aromatic N) is 1. The van der Waals surface area contributed by atoms with Crippen molar-refractivity contribution >= 4 is 29.3 Å². The van der Waals surface area contributed by atoms with Crippen LogP contribution in [0.1, 0.15) is 16.7 Å². The summed E-state index contributed by atoms with van der Waals surface area (Å²) >= 11 is 6.31. The van der Waals surface area contributed by atoms with Crippen molar-refractivity contribution < 1.29 is 9.53 Å². The molecule has 4 nitrogen and oxygen atoms in total. The number of amides is 1. The van der Waals surface area contributed by atoms with Crippen molar-refractivity contribution in [3.63, 3.8) is 0 Å². The largest absolute Gasteiger partial charge is 0.497 e. The van der Waals surface area contributed by atoms with E-state index in [2.05, 4.69) is 5.32 Å². The number of rotatable bonds is 6. The molecule has 3 rings (SSSR count). The van der Waals surface area contributed by atoms with Crippen molar-refractivity contribution in [1.29, 1.82) is 5.26 Å². The summed E-state index contributed by atoms with van der Waals surface area (Å²) in [4.78, 5) is 12.5. The maximum Gasteiger partial charge on any atom is 0.266 e. The van der Waals surface area contributed by atoms with Crippen LogP contribution >= 0.6 is 11.6 Å². The van der Waals surface area contributed by atoms with Gasteiger partial charge in [0.2, 0.25) is 0 Å². The third kappa shape index (κ3) is 5.25. The summed E-state index contributed by atoms with van der Waals surface area (Å²) < 4.78 is 5.34. The zero-order chi connectivity index (χ0) is 20.6. The Kier molecular flexibility index (Phi) is 6.67. The van der Waals surface area contributed by atoms with E-state index >= 15 is 0 Å². The summed E-state index contributed by atoms with van der Waals surface area (Å²) in [7, 11) is 1.60. The summed E-state index contributed by atoms with van der Waals surface area (Å²) in [5.74, 6) is 0.231. The molecule has 0 saturated carbocycles. The lowest BCUT2D eigenvalue weighted by molar-refractivity contribution is -0.112. The third-order valence-corrected chi connectivity index (χ3v) is 4.75. The molecule has 0 atom stereocenters. The van der Waals surface area contributed by atoms with Gasteiger partial charge in [0.15, 0.2) is 0 Å². The average Bonchev–Trinajstić information content (AvgIpc) is 2.75. The molecular formula is C24H19ClN2O2. The van der Waals surface area contributed by atoms with Crippen LogP contribution in [0.3, 0.4) is 0 Å². The number of halogens is 1. The maximum atomic E-state index is 12.5. The Morgan fingerprint density at radius 2 is 1.79 bits per heavy atom. The fraction of sp³-hybridized carbons (Fsp3) is 0.0833. The van der Waals surface area contributed by atoms with Gasteiger partial charge in [-0.25, -0.2) is 0 Å². The van der Waals surface area contributed by atoms with Crippen LogP contribution in [0.15, 0.2) is 78.4 Å². The molecular weight excluding hydrogens is 384 g/mol. The van der Waals surface area contributed by atoms with Crippen LogP contribution in [0.5, 0.6) is 5.75 Å². The second kappa shape index (κ2) is 9.59. The molecule has 0 bridgehead atoms. The van der Waals surface area contributed by atoms with Gasteiger partial charge in [-0.05, 0) is 59.5 Å². The predicted molar refractivity (Wildman–Crippen MR) is 116 cm³/mol. The summed E-state index contributed by atoms with van der Waals surface area (Å²) in [6.07, 6.45) is 2.13. The smallest absolute Gasteiger partial charge is 0.266 e. The van der Waals surface area contributed by atoms with Crippen LogP contribution in [0.2, 0.25) is 5.02 Å². The number of carbonyl (C=O) groups is 1. The molecule has 0 radical (unpaired) electrons. The molecule has 0 saturated heterocycles. The molecule has 0 aliphatic carbocycles. The number of anilines is 1. The number of hydrogen-bond donors (Lipinski definition) is 1. The van der Waals surface area contributed by atoms with Gasteiger partial charge in [0.05, 0.1) is 7.11 Å². The fourth-order valence-corrected chi connectivity index (χ4v) is 3.08. The van der Waals surface area contributed by atoms with Gasteiger partial charge in [-0.1, -0.05) is 54.1 Å². The minimum absolute atomic E-state index is 0.0134. The van der Waals surface area contributed by atoms with Gasteiger partial charge in [-0.2, -0.15) is 5.26 Å². The molecule has 144 valence electrons. The highest BCUT2D eigenvalue weighted by molar-refractivity contribution is 6.31. The molecule has 0 fully saturated rings. The molecule has 5 heteroatoms. The van der Waals surface area contributed by atoms with Crippen LogP contribution in [-0.2, 0) is 11.2 Å². The van der Waals surface area contributed by atoms with E-state index in [0.717, 1.165) is 16.7 Å². The lowest BCUT2D eigenvalue weighted by Gasteiger charge is -2.11. The minimum atomic E-state index is -0.460. The lowest BCUT2D eigenvalue weighted by atomic mass is 9.97. The van der Waals surface area contributed by atoms with E-state index in [-0.39, 0.29) is 5.57 Å². The molecule has 0 heterocycles. The highest BCUT2D eigenvalue weighted by Gasteiger charge is 2.12. The quantitative estimate of drug-likeness (QED) is 0.438. The van der Waals surface area contributed by atoms with Gasteiger partial charge in [-0.15, -0.1) is 0 Å². The number of carbonyl (C=O) groups excluding carboxylic acids is 1. The van der Waals surface area contributed by atoms with Crippen LogP contribution in [0.4, 0.5) is 5.69 Å². The number of methoxy groups -OCH3 is 1. The highest BCUT2D eigenvalue weighted by Crippen LogP contribution is 2.26. The Labute approximate surface area is 175 Å². The molecule has 0 spiro atoms. The standard InChI is InChI=1S/C24H19ClN2O2/c1-29-22-12-11-17(19(15-22)14-18-7-5-6-10-23(18)25)13-20(16-26)24(28)27-21-8-3-2-4-9-21/h2-13,15H,14H2,1H3,(H,27,28)/b20-13+. The Balaban J connectivity index is 1.94. The highest BCUT2D eigenvalue weighted by atomic mass is 35.5. The van der Waals surface area contributed by atoms with Crippen molar-refractivity contribution in [3.8, 4) is 11.8 Å². The van der Waals surface area contributed by atoms with E-state index in [1.54, 1.807) is 31.4 Å². The van der Waals surface area contributed by atoms with E-state index in [0.29, 0.717) is 22.9 Å². The van der Waals surface area contributed by atoms with E-state index in [1.807, 2.05) is 60.7 Å². The first-order valence-electron chi connectivity index (χ1n) is 8.99. The van der Waals surface area contributed by atoms with Gasteiger partial charge < -0.3 is 10.1 Å². The van der Waals surface area contributed by atoms with Crippen molar-refractivity contribution in [3.05, 3.63) is 100 Å². The summed E-state index contributed by atoms with van der Waals surface area (Å²) in [5.41, 5.74) is 3.25. The SMILES string of the molecule is COc1ccc(/C=C(\C#N)C(=O)Nc2ccccc2)c(Cc2ccccc2Cl)c1. The van der Waals surface area contributed by atoms with Crippen molar-refractivity contribution in [2.45, 2.75) is 6.42 Å². The zero-order valence-electron chi connectivity index (χ0n) is 15.9. The van der Waals surface area contributed by atoms with E-state index < -0.39 is 5.91 Å². The van der Waals surface area contributed by atoms with Gasteiger partial charge in [0, 0.05) is 10.7 Å². The minimum Gasteiger partial charge on any atom is -0.497 e. The van der Waals surface area contributed by atoms with Crippen LogP contribution < -0.4 is 10.1 Å². The lowest BCUT2D eigenvalue weighted by Crippen LogP contribution is -2.13. The van der Waals surface area contributed by atoms with E-state index in [9.17, 15) is 10.1 Å². The van der Waals surface area contributed by atoms with E-state index in [1.165, 1.54) is 0 Å². The maximum absolute atomic E-state index is 12.5. The van der Waals surface area contributed by atoms with Gasteiger partial charge in [0.1, 0.15) is 17.4 Å². The molecule has 0 unspecified atom stereocenters. The number of nitrogens with one attached hydrogen (secondary N) is 1.